The lowest BCUT2D eigenvalue weighted by molar-refractivity contribution is -0.125. The second-order valence-electron chi connectivity index (χ2n) is 2.71. The van der Waals surface area contributed by atoms with Crippen molar-refractivity contribution in [3.05, 3.63) is 0 Å². The number of ether oxygens (including phenoxy) is 1. The van der Waals surface area contributed by atoms with E-state index < -0.39 is 18.0 Å². The van der Waals surface area contributed by atoms with E-state index in [-0.39, 0.29) is 6.42 Å². The van der Waals surface area contributed by atoms with Crippen molar-refractivity contribution in [2.24, 2.45) is 0 Å². The first-order valence-electron chi connectivity index (χ1n) is 3.66. The maximum Gasteiger partial charge on any atom is 0.159 e. The van der Waals surface area contributed by atoms with Gasteiger partial charge in [-0.2, -0.15) is 0 Å². The fourth-order valence-electron chi connectivity index (χ4n) is 1.30. The van der Waals surface area contributed by atoms with Crippen LogP contribution in [0.4, 0.5) is 0 Å². The topological polar surface area (TPSA) is 49.7 Å². The van der Waals surface area contributed by atoms with E-state index in [9.17, 15) is 5.11 Å². The Labute approximate surface area is 66.0 Å². The predicted octanol–water partition coefficient (Wildman–Crippen LogP) is -0.132. The summed E-state index contributed by atoms with van der Waals surface area (Å²) in [6, 6.07) is 0. The molecule has 1 rings (SSSR count). The number of terminal acetylenes is 1. The van der Waals surface area contributed by atoms with Gasteiger partial charge in [0.05, 0.1) is 6.10 Å². The molecule has 1 unspecified atom stereocenters. The largest absolute Gasteiger partial charge is 0.389 e. The lowest BCUT2D eigenvalue weighted by Crippen LogP contribution is -2.36. The third-order valence-electron chi connectivity index (χ3n) is 2.08. The quantitative estimate of drug-likeness (QED) is 0.520. The summed E-state index contributed by atoms with van der Waals surface area (Å²) in [5.41, 5.74) is -0.959. The molecule has 0 spiro atoms. The number of hydrogen-bond donors (Lipinski definition) is 2. The molecule has 0 aromatic rings. The van der Waals surface area contributed by atoms with Gasteiger partial charge in [-0.05, 0) is 6.42 Å². The van der Waals surface area contributed by atoms with Crippen molar-refractivity contribution in [2.75, 3.05) is 0 Å². The summed E-state index contributed by atoms with van der Waals surface area (Å²) in [7, 11) is 0. The average molecular weight is 156 g/mol. The number of aliphatic hydroxyl groups excluding tert-OH is 2. The number of hydrogen-bond acceptors (Lipinski definition) is 3. The van der Waals surface area contributed by atoms with Gasteiger partial charge in [-0.25, -0.2) is 0 Å². The van der Waals surface area contributed by atoms with Crippen molar-refractivity contribution in [3.8, 4) is 12.3 Å². The Morgan fingerprint density at radius 1 is 1.73 bits per heavy atom. The molecule has 1 aliphatic heterocycles. The molecule has 1 saturated heterocycles. The second kappa shape index (κ2) is 2.82. The zero-order valence-corrected chi connectivity index (χ0v) is 6.45. The van der Waals surface area contributed by atoms with Gasteiger partial charge in [0.2, 0.25) is 0 Å². The molecular weight excluding hydrogens is 144 g/mol. The molecule has 0 aromatic heterocycles. The van der Waals surface area contributed by atoms with Crippen molar-refractivity contribution in [1.29, 1.82) is 0 Å². The summed E-state index contributed by atoms with van der Waals surface area (Å²) in [6.07, 6.45) is 4.25. The fraction of sp³-hybridized carbons (Fsp3) is 0.750. The summed E-state index contributed by atoms with van der Waals surface area (Å²) < 4.78 is 5.03. The molecule has 2 N–H and O–H groups in total. The van der Waals surface area contributed by atoms with Crippen molar-refractivity contribution < 1.29 is 14.9 Å². The van der Waals surface area contributed by atoms with Gasteiger partial charge < -0.3 is 14.9 Å². The monoisotopic (exact) mass is 156 g/mol. The Morgan fingerprint density at radius 3 is 2.55 bits per heavy atom. The van der Waals surface area contributed by atoms with Gasteiger partial charge in [-0.15, -0.1) is 6.42 Å². The van der Waals surface area contributed by atoms with Crippen LogP contribution in [0.2, 0.25) is 0 Å². The van der Waals surface area contributed by atoms with Gasteiger partial charge in [-0.1, -0.05) is 12.8 Å². The highest BCUT2D eigenvalue weighted by atomic mass is 16.6. The Balaban J connectivity index is 2.78. The van der Waals surface area contributed by atoms with E-state index in [2.05, 4.69) is 5.92 Å². The maximum atomic E-state index is 9.38. The zero-order valence-electron chi connectivity index (χ0n) is 6.45. The normalized spacial score (nSPS) is 43.8. The van der Waals surface area contributed by atoms with E-state index in [1.165, 1.54) is 0 Å². The van der Waals surface area contributed by atoms with Crippen molar-refractivity contribution >= 4 is 0 Å². The minimum atomic E-state index is -0.959. The minimum Gasteiger partial charge on any atom is -0.389 e. The van der Waals surface area contributed by atoms with Gasteiger partial charge in [0.15, 0.2) is 11.9 Å². The van der Waals surface area contributed by atoms with Crippen LogP contribution in [0.1, 0.15) is 19.8 Å². The van der Waals surface area contributed by atoms with Crippen LogP contribution < -0.4 is 0 Å². The van der Waals surface area contributed by atoms with Crippen LogP contribution >= 0.6 is 0 Å². The molecule has 0 radical (unpaired) electrons. The van der Waals surface area contributed by atoms with Gasteiger partial charge in [0.1, 0.15) is 0 Å². The molecule has 3 heteroatoms. The summed E-state index contributed by atoms with van der Waals surface area (Å²) in [6.45, 7) is 1.82. The Hall–Kier alpha value is -0.560. The molecule has 3 nitrogen and oxygen atoms in total. The fourth-order valence-corrected chi connectivity index (χ4v) is 1.30. The van der Waals surface area contributed by atoms with Gasteiger partial charge in [0.25, 0.3) is 0 Å². The molecule has 0 aliphatic carbocycles. The summed E-state index contributed by atoms with van der Waals surface area (Å²) >= 11 is 0. The van der Waals surface area contributed by atoms with Crippen molar-refractivity contribution in [1.82, 2.24) is 0 Å². The van der Waals surface area contributed by atoms with E-state index in [0.717, 1.165) is 0 Å². The van der Waals surface area contributed by atoms with E-state index in [1.807, 2.05) is 6.92 Å². The molecule has 1 aliphatic rings. The van der Waals surface area contributed by atoms with Crippen LogP contribution in [0.15, 0.2) is 0 Å². The van der Waals surface area contributed by atoms with E-state index in [4.69, 9.17) is 16.3 Å². The van der Waals surface area contributed by atoms with Crippen molar-refractivity contribution in [2.45, 2.75) is 37.8 Å². The number of rotatable bonds is 1. The highest BCUT2D eigenvalue weighted by Crippen LogP contribution is 2.31. The molecule has 0 saturated carbocycles. The minimum absolute atomic E-state index is 0.206. The van der Waals surface area contributed by atoms with Crippen molar-refractivity contribution in [3.63, 3.8) is 0 Å². The van der Waals surface area contributed by atoms with Crippen LogP contribution in [0.3, 0.4) is 0 Å². The predicted molar refractivity (Wildman–Crippen MR) is 39.6 cm³/mol. The molecule has 1 fully saturated rings. The van der Waals surface area contributed by atoms with Gasteiger partial charge in [0, 0.05) is 6.42 Å². The molecule has 0 amide bonds. The molecular formula is C8H12O3. The summed E-state index contributed by atoms with van der Waals surface area (Å²) in [5.74, 6) is 2.38. The first-order valence-corrected chi connectivity index (χ1v) is 3.66. The molecule has 1 heterocycles. The summed E-state index contributed by atoms with van der Waals surface area (Å²) in [4.78, 5) is 0. The SMILES string of the molecule is C#C[C@]1(CC)OC(O)C[C@@H]1O. The summed E-state index contributed by atoms with van der Waals surface area (Å²) in [5, 5.41) is 18.4. The zero-order chi connectivity index (χ0) is 8.48. The maximum absolute atomic E-state index is 9.38. The van der Waals surface area contributed by atoms with Gasteiger partial charge in [-0.3, -0.25) is 0 Å². The molecule has 62 valence electrons. The average Bonchev–Trinajstić information content (AvgIpc) is 2.27. The highest BCUT2D eigenvalue weighted by Gasteiger charge is 2.44. The highest BCUT2D eigenvalue weighted by molar-refractivity contribution is 5.14. The van der Waals surface area contributed by atoms with E-state index in [0.29, 0.717) is 6.42 Å². The third-order valence-corrected chi connectivity index (χ3v) is 2.08. The lowest BCUT2D eigenvalue weighted by Gasteiger charge is -2.23. The second-order valence-corrected chi connectivity index (χ2v) is 2.71. The van der Waals surface area contributed by atoms with Crippen LogP contribution in [0.25, 0.3) is 0 Å². The first kappa shape index (κ1) is 8.54. The number of aliphatic hydroxyl groups is 2. The molecule has 0 aromatic carbocycles. The van der Waals surface area contributed by atoms with Crippen LogP contribution in [0, 0.1) is 12.3 Å². The molecule has 11 heavy (non-hydrogen) atoms. The lowest BCUT2D eigenvalue weighted by atomic mass is 9.95. The van der Waals surface area contributed by atoms with E-state index >= 15 is 0 Å². The standard InChI is InChI=1S/C8H12O3/c1-3-8(4-2)6(9)5-7(10)11-8/h1,6-7,9-10H,4-5H2,2H3/t6-,7?,8+/m0/s1. The van der Waals surface area contributed by atoms with E-state index in [1.54, 1.807) is 0 Å². The Bertz CT molecular complexity index is 184. The Kier molecular flexibility index (Phi) is 2.19. The van der Waals surface area contributed by atoms with Crippen LogP contribution in [0.5, 0.6) is 0 Å². The van der Waals surface area contributed by atoms with Gasteiger partial charge >= 0.3 is 0 Å². The Morgan fingerprint density at radius 2 is 2.36 bits per heavy atom. The van der Waals surface area contributed by atoms with Crippen LogP contribution in [-0.4, -0.2) is 28.2 Å². The third kappa shape index (κ3) is 1.25. The van der Waals surface area contributed by atoms with Crippen LogP contribution in [-0.2, 0) is 4.74 Å². The molecule has 3 atom stereocenters. The smallest absolute Gasteiger partial charge is 0.159 e. The molecule has 0 bridgehead atoms. The first-order chi connectivity index (χ1) is 5.14.